The lowest BCUT2D eigenvalue weighted by Crippen LogP contribution is -2.39. The zero-order valence-corrected chi connectivity index (χ0v) is 13.1. The molecule has 0 bridgehead atoms. The van der Waals surface area contributed by atoms with Gasteiger partial charge in [0.05, 0.1) is 0 Å². The number of aryl methyl sites for hydroxylation is 1. The largest absolute Gasteiger partial charge is 0.333 e. The highest BCUT2D eigenvalue weighted by atomic mass is 19.1. The van der Waals surface area contributed by atoms with E-state index in [4.69, 9.17) is 0 Å². The quantitative estimate of drug-likeness (QED) is 0.791. The molecule has 1 atom stereocenters. The predicted octanol–water partition coefficient (Wildman–Crippen LogP) is 2.04. The molecule has 24 heavy (non-hydrogen) atoms. The molecule has 2 aliphatic rings. The number of carbonyl (C=O) groups excluding carboxylic acids is 2. The summed E-state index contributed by atoms with van der Waals surface area (Å²) in [5, 5.41) is 4.25. The third-order valence-corrected chi connectivity index (χ3v) is 4.48. The van der Waals surface area contributed by atoms with Crippen molar-refractivity contribution in [2.75, 3.05) is 11.4 Å². The fourth-order valence-corrected chi connectivity index (χ4v) is 3.31. The number of amides is 3. The van der Waals surface area contributed by atoms with Crippen LogP contribution in [0.3, 0.4) is 0 Å². The Kier molecular flexibility index (Phi) is 3.33. The van der Waals surface area contributed by atoms with Crippen LogP contribution < -0.4 is 4.90 Å². The van der Waals surface area contributed by atoms with Gasteiger partial charge in [0.15, 0.2) is 17.5 Å². The normalized spacial score (nSPS) is 20.7. The summed E-state index contributed by atoms with van der Waals surface area (Å²) in [7, 11) is 0. The lowest BCUT2D eigenvalue weighted by Gasteiger charge is -2.25. The molecule has 7 nitrogen and oxygen atoms in total. The van der Waals surface area contributed by atoms with E-state index in [9.17, 15) is 14.0 Å². The average molecular weight is 329 g/mol. The fourth-order valence-electron chi connectivity index (χ4n) is 3.31. The molecular weight excluding hydrogens is 313 g/mol. The Bertz CT molecular complexity index is 810. The second-order valence-corrected chi connectivity index (χ2v) is 6.05. The van der Waals surface area contributed by atoms with Crippen molar-refractivity contribution in [3.63, 3.8) is 0 Å². The monoisotopic (exact) mass is 329 g/mol. The van der Waals surface area contributed by atoms with Gasteiger partial charge in [0.25, 0.3) is 5.91 Å². The number of nitrogens with zero attached hydrogens (tertiary/aromatic N) is 5. The summed E-state index contributed by atoms with van der Waals surface area (Å²) in [6.07, 6.45) is 5.53. The minimum atomic E-state index is -0.525. The fraction of sp³-hybridized carbons (Fsp3) is 0.375. The first-order chi connectivity index (χ1) is 11.6. The number of pyridine rings is 1. The molecule has 0 aromatic carbocycles. The minimum absolute atomic E-state index is 0.0312. The molecule has 4 rings (SSSR count). The average Bonchev–Trinajstić information content (AvgIpc) is 3.07. The molecule has 3 amide bonds. The van der Waals surface area contributed by atoms with E-state index in [1.54, 1.807) is 18.0 Å². The van der Waals surface area contributed by atoms with E-state index >= 15 is 0 Å². The molecule has 1 unspecified atom stereocenters. The Balaban J connectivity index is 1.74. The van der Waals surface area contributed by atoms with Crippen molar-refractivity contribution >= 4 is 17.8 Å². The van der Waals surface area contributed by atoms with Crippen molar-refractivity contribution in [3.8, 4) is 5.82 Å². The summed E-state index contributed by atoms with van der Waals surface area (Å²) in [6, 6.07) is 2.02. The number of carbonyl (C=O) groups is 2. The smallest absolute Gasteiger partial charge is 0.312 e. The summed E-state index contributed by atoms with van der Waals surface area (Å²) < 4.78 is 15.2. The van der Waals surface area contributed by atoms with Gasteiger partial charge in [-0.1, -0.05) is 0 Å². The topological polar surface area (TPSA) is 71.3 Å². The van der Waals surface area contributed by atoms with Crippen LogP contribution in [0.1, 0.15) is 24.8 Å². The van der Waals surface area contributed by atoms with Gasteiger partial charge in [-0.15, -0.1) is 5.10 Å². The summed E-state index contributed by atoms with van der Waals surface area (Å²) >= 11 is 0. The van der Waals surface area contributed by atoms with E-state index in [2.05, 4.69) is 10.1 Å². The number of piperidine rings is 1. The Morgan fingerprint density at radius 2 is 2.08 bits per heavy atom. The molecule has 0 N–H and O–H groups in total. The molecule has 2 saturated heterocycles. The number of aromatic nitrogens is 3. The first kappa shape index (κ1) is 14.8. The number of fused-ring (bicyclic) bond motifs is 1. The third kappa shape index (κ3) is 2.10. The minimum Gasteiger partial charge on any atom is -0.312 e. The number of halogens is 1. The highest BCUT2D eigenvalue weighted by Crippen LogP contribution is 2.31. The summed E-state index contributed by atoms with van der Waals surface area (Å²) in [6.45, 7) is 2.32. The van der Waals surface area contributed by atoms with E-state index in [1.807, 2.05) is 0 Å². The Hall–Kier alpha value is -2.77. The van der Waals surface area contributed by atoms with Crippen LogP contribution in [0.15, 0.2) is 24.5 Å². The Morgan fingerprint density at radius 1 is 1.25 bits per heavy atom. The van der Waals surface area contributed by atoms with Gasteiger partial charge in [0.2, 0.25) is 0 Å². The second-order valence-electron chi connectivity index (χ2n) is 6.05. The SMILES string of the molecule is Cc1cn(-c2ncccc2F)nc1N1C(=O)C2CCCCN2C1=O. The molecule has 124 valence electrons. The first-order valence-corrected chi connectivity index (χ1v) is 7.89. The first-order valence-electron chi connectivity index (χ1n) is 7.89. The molecule has 0 saturated carbocycles. The molecule has 2 aromatic rings. The number of hydrogen-bond acceptors (Lipinski definition) is 4. The predicted molar refractivity (Wildman–Crippen MR) is 83.3 cm³/mol. The lowest BCUT2D eigenvalue weighted by atomic mass is 10.0. The maximum absolute atomic E-state index is 13.9. The Labute approximate surface area is 137 Å². The van der Waals surface area contributed by atoms with Gasteiger partial charge in [-0.2, -0.15) is 0 Å². The summed E-state index contributed by atoms with van der Waals surface area (Å²) in [5.74, 6) is -0.509. The molecular formula is C16H16FN5O2. The van der Waals surface area contributed by atoms with Crippen LogP contribution in [0.4, 0.5) is 15.0 Å². The van der Waals surface area contributed by atoms with Crippen LogP contribution in [0, 0.1) is 12.7 Å². The number of rotatable bonds is 2. The maximum Gasteiger partial charge on any atom is 0.333 e. The van der Waals surface area contributed by atoms with Gasteiger partial charge in [0.1, 0.15) is 6.04 Å². The van der Waals surface area contributed by atoms with Gasteiger partial charge in [-0.25, -0.2) is 23.8 Å². The molecule has 2 aromatic heterocycles. The molecule has 0 spiro atoms. The van der Waals surface area contributed by atoms with Crippen LogP contribution in [-0.2, 0) is 4.79 Å². The lowest BCUT2D eigenvalue weighted by molar-refractivity contribution is -0.120. The molecule has 2 aliphatic heterocycles. The Morgan fingerprint density at radius 3 is 2.83 bits per heavy atom. The van der Waals surface area contributed by atoms with Crippen molar-refractivity contribution in [2.24, 2.45) is 0 Å². The van der Waals surface area contributed by atoms with Gasteiger partial charge in [-0.05, 0) is 38.3 Å². The highest BCUT2D eigenvalue weighted by molar-refractivity contribution is 6.21. The highest BCUT2D eigenvalue weighted by Gasteiger charge is 2.47. The number of anilines is 1. The van der Waals surface area contributed by atoms with Gasteiger partial charge >= 0.3 is 6.03 Å². The number of hydrogen-bond donors (Lipinski definition) is 0. The van der Waals surface area contributed by atoms with E-state index in [0.29, 0.717) is 18.5 Å². The van der Waals surface area contributed by atoms with Crippen LogP contribution >= 0.6 is 0 Å². The summed E-state index contributed by atoms with van der Waals surface area (Å²) in [4.78, 5) is 31.9. The van der Waals surface area contributed by atoms with Crippen molar-refractivity contribution in [3.05, 3.63) is 35.9 Å². The van der Waals surface area contributed by atoms with Gasteiger partial charge in [0, 0.05) is 24.5 Å². The van der Waals surface area contributed by atoms with E-state index in [-0.39, 0.29) is 23.6 Å². The number of urea groups is 1. The molecule has 2 fully saturated rings. The van der Waals surface area contributed by atoms with E-state index in [1.165, 1.54) is 23.0 Å². The zero-order valence-electron chi connectivity index (χ0n) is 13.1. The molecule has 4 heterocycles. The summed E-state index contributed by atoms with van der Waals surface area (Å²) in [5.41, 5.74) is 0.613. The van der Waals surface area contributed by atoms with E-state index in [0.717, 1.165) is 17.7 Å². The molecule has 8 heteroatoms. The molecule has 0 radical (unpaired) electrons. The van der Waals surface area contributed by atoms with Crippen LogP contribution in [0.25, 0.3) is 5.82 Å². The van der Waals surface area contributed by atoms with Crippen LogP contribution in [0.5, 0.6) is 0 Å². The second kappa shape index (κ2) is 5.40. The van der Waals surface area contributed by atoms with Crippen LogP contribution in [0.2, 0.25) is 0 Å². The maximum atomic E-state index is 13.9. The molecule has 0 aliphatic carbocycles. The zero-order chi connectivity index (χ0) is 16.8. The van der Waals surface area contributed by atoms with Crippen molar-refractivity contribution in [2.45, 2.75) is 32.2 Å². The van der Waals surface area contributed by atoms with Crippen LogP contribution in [-0.4, -0.2) is 44.2 Å². The standard InChI is InChI=1S/C16H16FN5O2/c1-10-9-21(14-11(17)5-4-7-18-14)19-13(10)22-15(23)12-6-2-3-8-20(12)16(22)24/h4-5,7,9,12H,2-3,6,8H2,1H3. The third-order valence-electron chi connectivity index (χ3n) is 4.48. The van der Waals surface area contributed by atoms with Gasteiger partial charge < -0.3 is 4.90 Å². The van der Waals surface area contributed by atoms with Crippen molar-refractivity contribution < 1.29 is 14.0 Å². The number of imide groups is 1. The van der Waals surface area contributed by atoms with Gasteiger partial charge in [-0.3, -0.25) is 4.79 Å². The van der Waals surface area contributed by atoms with E-state index < -0.39 is 11.9 Å². The van der Waals surface area contributed by atoms with Crippen molar-refractivity contribution in [1.29, 1.82) is 0 Å². The van der Waals surface area contributed by atoms with Crippen molar-refractivity contribution in [1.82, 2.24) is 19.7 Å².